The van der Waals surface area contributed by atoms with Crippen LogP contribution in [-0.4, -0.2) is 32.8 Å². The quantitative estimate of drug-likeness (QED) is 0.785. The molecule has 0 atom stereocenters. The lowest BCUT2D eigenvalue weighted by Gasteiger charge is -2.28. The maximum absolute atomic E-state index is 5.95. The van der Waals surface area contributed by atoms with Crippen molar-refractivity contribution >= 4 is 40.1 Å². The average molecular weight is 343 g/mol. The van der Waals surface area contributed by atoms with Gasteiger partial charge in [0.1, 0.15) is 5.82 Å². The number of halogens is 1. The molecule has 7 heteroatoms. The maximum atomic E-state index is 5.95. The molecule has 24 heavy (non-hydrogen) atoms. The fourth-order valence-corrected chi connectivity index (χ4v) is 3.20. The molecule has 1 aromatic carbocycles. The number of anilines is 3. The minimum atomic E-state index is 0.578. The average Bonchev–Trinajstić information content (AvgIpc) is 2.98. The fourth-order valence-electron chi connectivity index (χ4n) is 3.07. The highest BCUT2D eigenvalue weighted by atomic mass is 35.5. The first-order valence-corrected chi connectivity index (χ1v) is 8.56. The number of rotatable bonds is 3. The highest BCUT2D eigenvalue weighted by Crippen LogP contribution is 2.28. The van der Waals surface area contributed by atoms with Crippen molar-refractivity contribution in [2.24, 2.45) is 7.05 Å². The van der Waals surface area contributed by atoms with E-state index in [9.17, 15) is 0 Å². The first kappa shape index (κ1) is 15.2. The van der Waals surface area contributed by atoms with Crippen LogP contribution in [0.1, 0.15) is 19.3 Å². The zero-order chi connectivity index (χ0) is 16.5. The number of benzene rings is 1. The van der Waals surface area contributed by atoms with Gasteiger partial charge in [-0.2, -0.15) is 15.1 Å². The van der Waals surface area contributed by atoms with E-state index in [1.807, 2.05) is 37.5 Å². The highest BCUT2D eigenvalue weighted by molar-refractivity contribution is 6.30. The normalized spacial score (nSPS) is 15.0. The lowest BCUT2D eigenvalue weighted by molar-refractivity contribution is 0.575. The molecule has 1 saturated heterocycles. The Bertz CT molecular complexity index is 851. The van der Waals surface area contributed by atoms with Crippen LogP contribution in [0.2, 0.25) is 5.02 Å². The van der Waals surface area contributed by atoms with Gasteiger partial charge in [0.2, 0.25) is 5.95 Å². The van der Waals surface area contributed by atoms with Gasteiger partial charge in [0.25, 0.3) is 0 Å². The van der Waals surface area contributed by atoms with Crippen molar-refractivity contribution in [1.29, 1.82) is 0 Å². The van der Waals surface area contributed by atoms with Crippen LogP contribution in [0.5, 0.6) is 0 Å². The number of aromatic nitrogens is 4. The molecule has 4 rings (SSSR count). The van der Waals surface area contributed by atoms with Crippen LogP contribution in [0.25, 0.3) is 11.0 Å². The molecule has 3 aromatic rings. The molecule has 0 aliphatic carbocycles. The summed E-state index contributed by atoms with van der Waals surface area (Å²) in [6, 6.07) is 7.52. The van der Waals surface area contributed by atoms with Gasteiger partial charge in [0.15, 0.2) is 5.65 Å². The van der Waals surface area contributed by atoms with Crippen LogP contribution in [0, 0.1) is 0 Å². The molecular formula is C17H19ClN6. The Balaban J connectivity index is 1.75. The molecule has 0 spiro atoms. The molecule has 0 saturated carbocycles. The smallest absolute Gasteiger partial charge is 0.231 e. The molecule has 0 unspecified atom stereocenters. The summed E-state index contributed by atoms with van der Waals surface area (Å²) in [6.45, 7) is 2.06. The van der Waals surface area contributed by atoms with Crippen molar-refractivity contribution in [1.82, 2.24) is 19.7 Å². The predicted molar refractivity (Wildman–Crippen MR) is 97.1 cm³/mol. The first-order valence-electron chi connectivity index (χ1n) is 8.18. The van der Waals surface area contributed by atoms with E-state index < -0.39 is 0 Å². The van der Waals surface area contributed by atoms with Gasteiger partial charge in [-0.1, -0.05) is 11.6 Å². The summed E-state index contributed by atoms with van der Waals surface area (Å²) in [6.07, 6.45) is 5.54. The molecule has 3 heterocycles. The molecule has 124 valence electrons. The largest absolute Gasteiger partial charge is 0.356 e. The lowest BCUT2D eigenvalue weighted by atomic mass is 10.1. The zero-order valence-electron chi connectivity index (χ0n) is 13.5. The van der Waals surface area contributed by atoms with Crippen molar-refractivity contribution in [2.45, 2.75) is 19.3 Å². The van der Waals surface area contributed by atoms with Crippen molar-refractivity contribution in [3.05, 3.63) is 35.5 Å². The van der Waals surface area contributed by atoms with Gasteiger partial charge in [0.05, 0.1) is 11.6 Å². The summed E-state index contributed by atoms with van der Waals surface area (Å²) in [4.78, 5) is 11.7. The molecule has 1 aliphatic heterocycles. The molecule has 0 radical (unpaired) electrons. The molecule has 1 fully saturated rings. The summed E-state index contributed by atoms with van der Waals surface area (Å²) in [5, 5.41) is 9.33. The minimum Gasteiger partial charge on any atom is -0.356 e. The van der Waals surface area contributed by atoms with E-state index in [0.29, 0.717) is 11.0 Å². The third-order valence-electron chi connectivity index (χ3n) is 4.33. The fraction of sp³-hybridized carbons (Fsp3) is 0.353. The molecule has 0 amide bonds. The third kappa shape index (κ3) is 2.89. The summed E-state index contributed by atoms with van der Waals surface area (Å²) < 4.78 is 1.79. The van der Waals surface area contributed by atoms with Gasteiger partial charge in [-0.3, -0.25) is 4.68 Å². The molecular weight excluding hydrogens is 324 g/mol. The first-order chi connectivity index (χ1) is 11.7. The second-order valence-corrected chi connectivity index (χ2v) is 6.49. The van der Waals surface area contributed by atoms with E-state index in [1.165, 1.54) is 19.3 Å². The second-order valence-electron chi connectivity index (χ2n) is 6.06. The van der Waals surface area contributed by atoms with Gasteiger partial charge in [-0.15, -0.1) is 0 Å². The Kier molecular flexibility index (Phi) is 3.98. The Morgan fingerprint density at radius 2 is 1.79 bits per heavy atom. The van der Waals surface area contributed by atoms with Gasteiger partial charge >= 0.3 is 0 Å². The highest BCUT2D eigenvalue weighted by Gasteiger charge is 2.19. The number of fused-ring (bicyclic) bond motifs is 1. The number of nitrogens with zero attached hydrogens (tertiary/aromatic N) is 5. The number of nitrogens with one attached hydrogen (secondary N) is 1. The monoisotopic (exact) mass is 342 g/mol. The summed E-state index contributed by atoms with van der Waals surface area (Å²) in [7, 11) is 1.90. The number of hydrogen-bond acceptors (Lipinski definition) is 5. The topological polar surface area (TPSA) is 58.9 Å². The number of hydrogen-bond donors (Lipinski definition) is 1. The van der Waals surface area contributed by atoms with E-state index in [-0.39, 0.29) is 0 Å². The summed E-state index contributed by atoms with van der Waals surface area (Å²) in [5.41, 5.74) is 1.74. The Hall–Kier alpha value is -2.34. The van der Waals surface area contributed by atoms with E-state index in [2.05, 4.69) is 20.3 Å². The Morgan fingerprint density at radius 3 is 2.54 bits per heavy atom. The van der Waals surface area contributed by atoms with Crippen LogP contribution in [0.15, 0.2) is 30.5 Å². The van der Waals surface area contributed by atoms with Crippen LogP contribution in [-0.2, 0) is 7.05 Å². The summed E-state index contributed by atoms with van der Waals surface area (Å²) in [5.74, 6) is 1.54. The van der Waals surface area contributed by atoms with Crippen molar-refractivity contribution in [3.8, 4) is 0 Å². The van der Waals surface area contributed by atoms with Gasteiger partial charge in [-0.05, 0) is 43.5 Å². The standard InChI is InChI=1S/C17H19ClN6/c1-23-15-14(11-19-23)16(24-9-3-2-4-10-24)22-17(21-15)20-13-7-5-12(18)6-8-13/h5-8,11H,2-4,9-10H2,1H3,(H,20,21,22). The molecule has 1 N–H and O–H groups in total. The van der Waals surface area contributed by atoms with Crippen molar-refractivity contribution < 1.29 is 0 Å². The third-order valence-corrected chi connectivity index (χ3v) is 4.58. The molecule has 6 nitrogen and oxygen atoms in total. The van der Waals surface area contributed by atoms with Crippen LogP contribution < -0.4 is 10.2 Å². The lowest BCUT2D eigenvalue weighted by Crippen LogP contribution is -2.30. The van der Waals surface area contributed by atoms with E-state index in [4.69, 9.17) is 16.6 Å². The van der Waals surface area contributed by atoms with Crippen molar-refractivity contribution in [3.63, 3.8) is 0 Å². The van der Waals surface area contributed by atoms with Crippen LogP contribution >= 0.6 is 11.6 Å². The van der Waals surface area contributed by atoms with Gasteiger partial charge < -0.3 is 10.2 Å². The van der Waals surface area contributed by atoms with E-state index in [0.717, 1.165) is 35.6 Å². The van der Waals surface area contributed by atoms with E-state index >= 15 is 0 Å². The van der Waals surface area contributed by atoms with Gasteiger partial charge in [0, 0.05) is 30.8 Å². The molecule has 2 aromatic heterocycles. The second kappa shape index (κ2) is 6.28. The zero-order valence-corrected chi connectivity index (χ0v) is 14.3. The SMILES string of the molecule is Cn1ncc2c(N3CCCCC3)nc(Nc3ccc(Cl)cc3)nc21. The Labute approximate surface area is 145 Å². The summed E-state index contributed by atoms with van der Waals surface area (Å²) >= 11 is 5.95. The Morgan fingerprint density at radius 1 is 1.04 bits per heavy atom. The maximum Gasteiger partial charge on any atom is 0.231 e. The minimum absolute atomic E-state index is 0.578. The molecule has 1 aliphatic rings. The van der Waals surface area contributed by atoms with E-state index in [1.54, 1.807) is 4.68 Å². The number of piperidine rings is 1. The van der Waals surface area contributed by atoms with Gasteiger partial charge in [-0.25, -0.2) is 0 Å². The number of aryl methyl sites for hydroxylation is 1. The molecule has 0 bridgehead atoms. The van der Waals surface area contributed by atoms with Crippen molar-refractivity contribution in [2.75, 3.05) is 23.3 Å². The van der Waals surface area contributed by atoms with Crippen LogP contribution in [0.4, 0.5) is 17.5 Å². The predicted octanol–water partition coefficient (Wildman–Crippen LogP) is 3.75. The van der Waals surface area contributed by atoms with Crippen LogP contribution in [0.3, 0.4) is 0 Å².